The number of amides is 1. The Morgan fingerprint density at radius 3 is 2.38 bits per heavy atom. The lowest BCUT2D eigenvalue weighted by atomic mass is 9.77. The fourth-order valence-electron chi connectivity index (χ4n) is 3.35. The normalized spacial score (nSPS) is 23.7. The lowest BCUT2D eigenvalue weighted by Gasteiger charge is -2.32. The Kier molecular flexibility index (Phi) is 4.64. The molecule has 0 spiro atoms. The molecule has 0 saturated carbocycles. The van der Waals surface area contributed by atoms with Crippen molar-refractivity contribution in [1.82, 2.24) is 5.32 Å². The first-order valence-corrected chi connectivity index (χ1v) is 9.36. The second-order valence-electron chi connectivity index (χ2n) is 9.28. The third kappa shape index (κ3) is 3.76. The number of benzene rings is 1. The van der Waals surface area contributed by atoms with E-state index in [2.05, 4.69) is 23.5 Å². The van der Waals surface area contributed by atoms with Crippen molar-refractivity contribution in [3.63, 3.8) is 0 Å². The molecule has 142 valence electrons. The van der Waals surface area contributed by atoms with Crippen molar-refractivity contribution in [3.8, 4) is 0 Å². The molecule has 0 aromatic heterocycles. The summed E-state index contributed by atoms with van der Waals surface area (Å²) < 4.78 is 17.7. The fourth-order valence-corrected chi connectivity index (χ4v) is 3.35. The highest BCUT2D eigenvalue weighted by Crippen LogP contribution is 2.37. The summed E-state index contributed by atoms with van der Waals surface area (Å²) in [5, 5.41) is 3.00. The van der Waals surface area contributed by atoms with Crippen LogP contribution < -0.4 is 10.8 Å². The molecular formula is C20H30BNO4. The molecule has 1 aromatic carbocycles. The van der Waals surface area contributed by atoms with Gasteiger partial charge in [-0.3, -0.25) is 0 Å². The van der Waals surface area contributed by atoms with Gasteiger partial charge in [-0.25, -0.2) is 4.79 Å². The summed E-state index contributed by atoms with van der Waals surface area (Å²) in [4.78, 5) is 12.2. The quantitative estimate of drug-likeness (QED) is 0.822. The van der Waals surface area contributed by atoms with E-state index < -0.39 is 12.7 Å². The Hall–Kier alpha value is -1.53. The van der Waals surface area contributed by atoms with E-state index in [1.165, 1.54) is 5.56 Å². The van der Waals surface area contributed by atoms with Gasteiger partial charge in [0, 0.05) is 0 Å². The molecule has 1 N–H and O–H groups in total. The summed E-state index contributed by atoms with van der Waals surface area (Å²) in [5.41, 5.74) is 2.13. The number of hydrogen-bond acceptors (Lipinski definition) is 4. The number of rotatable bonds is 2. The van der Waals surface area contributed by atoms with E-state index in [0.717, 1.165) is 23.9 Å². The summed E-state index contributed by atoms with van der Waals surface area (Å²) in [5.74, 6) is 0. The molecule has 1 fully saturated rings. The van der Waals surface area contributed by atoms with E-state index in [4.69, 9.17) is 14.0 Å². The van der Waals surface area contributed by atoms with Crippen LogP contribution in [0.2, 0.25) is 0 Å². The van der Waals surface area contributed by atoms with Gasteiger partial charge >= 0.3 is 13.2 Å². The molecule has 1 aliphatic carbocycles. The highest BCUT2D eigenvalue weighted by Gasteiger charge is 2.51. The van der Waals surface area contributed by atoms with E-state index in [1.807, 2.05) is 48.5 Å². The minimum Gasteiger partial charge on any atom is -0.444 e. The third-order valence-corrected chi connectivity index (χ3v) is 5.46. The Labute approximate surface area is 156 Å². The van der Waals surface area contributed by atoms with E-state index in [1.54, 1.807) is 0 Å². The van der Waals surface area contributed by atoms with Gasteiger partial charge in [-0.05, 0) is 77.9 Å². The Morgan fingerprint density at radius 2 is 1.81 bits per heavy atom. The molecule has 1 aliphatic heterocycles. The molecule has 1 atom stereocenters. The van der Waals surface area contributed by atoms with Gasteiger partial charge in [-0.1, -0.05) is 18.2 Å². The maximum atomic E-state index is 12.2. The molecule has 2 aliphatic rings. The zero-order valence-electron chi connectivity index (χ0n) is 16.9. The van der Waals surface area contributed by atoms with E-state index >= 15 is 0 Å². The van der Waals surface area contributed by atoms with Crippen molar-refractivity contribution in [2.45, 2.75) is 84.2 Å². The number of carbonyl (C=O) groups is 1. The van der Waals surface area contributed by atoms with Crippen molar-refractivity contribution in [3.05, 3.63) is 29.3 Å². The molecule has 1 saturated heterocycles. The lowest BCUT2D eigenvalue weighted by molar-refractivity contribution is 0.00578. The van der Waals surface area contributed by atoms with Crippen LogP contribution in [0.5, 0.6) is 0 Å². The van der Waals surface area contributed by atoms with Crippen molar-refractivity contribution >= 4 is 18.7 Å². The fraction of sp³-hybridized carbons (Fsp3) is 0.650. The number of nitrogens with one attached hydrogen (secondary N) is 1. The minimum atomic E-state index is -0.504. The zero-order valence-corrected chi connectivity index (χ0v) is 16.9. The number of aryl methyl sites for hydroxylation is 1. The number of fused-ring (bicyclic) bond motifs is 1. The Morgan fingerprint density at radius 1 is 1.19 bits per heavy atom. The van der Waals surface area contributed by atoms with Crippen LogP contribution in [0.25, 0.3) is 0 Å². The van der Waals surface area contributed by atoms with E-state index in [-0.39, 0.29) is 23.3 Å². The maximum absolute atomic E-state index is 12.2. The molecule has 26 heavy (non-hydrogen) atoms. The number of hydrogen-bond donors (Lipinski definition) is 1. The average Bonchev–Trinajstić information content (AvgIpc) is 2.95. The monoisotopic (exact) mass is 359 g/mol. The zero-order chi connectivity index (χ0) is 19.3. The van der Waals surface area contributed by atoms with Gasteiger partial charge in [-0.15, -0.1) is 0 Å². The van der Waals surface area contributed by atoms with E-state index in [0.29, 0.717) is 0 Å². The van der Waals surface area contributed by atoms with E-state index in [9.17, 15) is 4.79 Å². The van der Waals surface area contributed by atoms with Gasteiger partial charge in [0.1, 0.15) is 5.60 Å². The molecule has 0 radical (unpaired) electrons. The summed E-state index contributed by atoms with van der Waals surface area (Å²) in [7, 11) is -0.395. The summed E-state index contributed by atoms with van der Waals surface area (Å²) >= 11 is 0. The predicted octanol–water partition coefficient (Wildman–Crippen LogP) is 3.50. The largest absolute Gasteiger partial charge is 0.494 e. The second kappa shape index (κ2) is 6.27. The summed E-state index contributed by atoms with van der Waals surface area (Å²) in [6.45, 7) is 13.8. The second-order valence-corrected chi connectivity index (χ2v) is 9.28. The molecule has 0 bridgehead atoms. The van der Waals surface area contributed by atoms with Gasteiger partial charge in [0.15, 0.2) is 0 Å². The van der Waals surface area contributed by atoms with Crippen LogP contribution in [0, 0.1) is 0 Å². The third-order valence-electron chi connectivity index (χ3n) is 5.46. The molecule has 1 heterocycles. The number of carbonyl (C=O) groups excluding carboxylic acids is 1. The van der Waals surface area contributed by atoms with Crippen molar-refractivity contribution in [1.29, 1.82) is 0 Å². The molecule has 1 aromatic rings. The molecule has 1 amide bonds. The number of alkyl carbamates (subject to hydrolysis) is 1. The molecule has 5 nitrogen and oxygen atoms in total. The first-order valence-electron chi connectivity index (χ1n) is 9.36. The van der Waals surface area contributed by atoms with Crippen molar-refractivity contribution in [2.24, 2.45) is 0 Å². The van der Waals surface area contributed by atoms with Crippen LogP contribution in [0.15, 0.2) is 18.2 Å². The summed E-state index contributed by atoms with van der Waals surface area (Å²) in [6.07, 6.45) is 1.44. The van der Waals surface area contributed by atoms with Gasteiger partial charge in [-0.2, -0.15) is 0 Å². The lowest BCUT2D eigenvalue weighted by Crippen LogP contribution is -2.41. The molecule has 1 unspecified atom stereocenters. The smallest absolute Gasteiger partial charge is 0.444 e. The van der Waals surface area contributed by atoms with Gasteiger partial charge in [0.2, 0.25) is 0 Å². The van der Waals surface area contributed by atoms with Gasteiger partial charge in [0.25, 0.3) is 0 Å². The standard InChI is InChI=1S/C20H30BNO4/c1-18(2,3)24-17(23)22-16-11-9-13-8-10-14(12-15(13)16)21-25-19(4,5)20(6,7)26-21/h8,10,12,16H,9,11H2,1-7H3,(H,22,23). The SMILES string of the molecule is CC(C)(C)OC(=O)NC1CCc2ccc(B3OC(C)(C)C(C)(C)O3)cc21. The highest BCUT2D eigenvalue weighted by atomic mass is 16.7. The molecule has 3 rings (SSSR count). The first-order chi connectivity index (χ1) is 11.9. The highest BCUT2D eigenvalue weighted by molar-refractivity contribution is 6.62. The van der Waals surface area contributed by atoms with Crippen molar-refractivity contribution in [2.75, 3.05) is 0 Å². The summed E-state index contributed by atoms with van der Waals surface area (Å²) in [6, 6.07) is 6.25. The van der Waals surface area contributed by atoms with Gasteiger partial charge < -0.3 is 19.4 Å². The van der Waals surface area contributed by atoms with Crippen LogP contribution in [0.4, 0.5) is 4.79 Å². The molecule has 6 heteroatoms. The number of ether oxygens (including phenoxy) is 1. The van der Waals surface area contributed by atoms with Crippen LogP contribution in [-0.4, -0.2) is 30.0 Å². The van der Waals surface area contributed by atoms with Crippen LogP contribution in [-0.2, 0) is 20.5 Å². The topological polar surface area (TPSA) is 56.8 Å². The van der Waals surface area contributed by atoms with Crippen molar-refractivity contribution < 1.29 is 18.8 Å². The van der Waals surface area contributed by atoms with Gasteiger partial charge in [0.05, 0.1) is 17.2 Å². The van der Waals surface area contributed by atoms with Crippen LogP contribution in [0.3, 0.4) is 0 Å². The first kappa shape index (κ1) is 19.2. The predicted molar refractivity (Wildman–Crippen MR) is 103 cm³/mol. The van der Waals surface area contributed by atoms with Crippen LogP contribution >= 0.6 is 0 Å². The Balaban J connectivity index is 1.77. The van der Waals surface area contributed by atoms with Crippen LogP contribution in [0.1, 0.15) is 72.1 Å². The maximum Gasteiger partial charge on any atom is 0.494 e. The molecular weight excluding hydrogens is 329 g/mol. The minimum absolute atomic E-state index is 0.0396. The average molecular weight is 359 g/mol. The Bertz CT molecular complexity index is 692.